The van der Waals surface area contributed by atoms with Gasteiger partial charge in [-0.05, 0) is 12.8 Å². The van der Waals surface area contributed by atoms with E-state index in [9.17, 15) is 9.59 Å². The van der Waals surface area contributed by atoms with E-state index in [4.69, 9.17) is 5.73 Å². The van der Waals surface area contributed by atoms with Crippen LogP contribution in [0, 0.1) is 5.92 Å². The minimum Gasteiger partial charge on any atom is -0.458 e. The van der Waals surface area contributed by atoms with Crippen LogP contribution in [0.15, 0.2) is 0 Å². The van der Waals surface area contributed by atoms with Crippen LogP contribution in [0.25, 0.3) is 0 Å². The molecule has 1 rings (SSSR count). The smallest absolute Gasteiger partial charge is 0.309 e. The maximum atomic E-state index is 10.9. The first-order valence-corrected chi connectivity index (χ1v) is 3.60. The second kappa shape index (κ2) is 3.48. The van der Waals surface area contributed by atoms with Gasteiger partial charge < -0.3 is 10.5 Å². The van der Waals surface area contributed by atoms with Gasteiger partial charge >= 0.3 is 5.97 Å². The van der Waals surface area contributed by atoms with Crippen molar-refractivity contribution in [1.29, 1.82) is 0 Å². The minimum atomic E-state index is -0.293. The summed E-state index contributed by atoms with van der Waals surface area (Å²) in [6.07, 6.45) is 1.95. The number of carbonyl (C=O) groups excluding carboxylic acids is 2. The lowest BCUT2D eigenvalue weighted by Gasteiger charge is -2.29. The molecular weight excluding hydrogens is 146 g/mol. The van der Waals surface area contributed by atoms with Gasteiger partial charge in [-0.25, -0.2) is 0 Å². The molecule has 0 bridgehead atoms. The number of esters is 1. The lowest BCUT2D eigenvalue weighted by Crippen LogP contribution is -2.41. The monoisotopic (exact) mass is 157 g/mol. The molecule has 0 aliphatic heterocycles. The Hall–Kier alpha value is -0.900. The summed E-state index contributed by atoms with van der Waals surface area (Å²) in [6, 6.07) is 0.142. The van der Waals surface area contributed by atoms with Gasteiger partial charge in [0.25, 0.3) is 0 Å². The van der Waals surface area contributed by atoms with Gasteiger partial charge in [0.2, 0.25) is 0 Å². The lowest BCUT2D eigenvalue weighted by atomic mass is 9.81. The van der Waals surface area contributed by atoms with Gasteiger partial charge in [0.05, 0.1) is 5.92 Å². The third-order valence-corrected chi connectivity index (χ3v) is 1.80. The van der Waals surface area contributed by atoms with Crippen LogP contribution in [0.1, 0.15) is 12.8 Å². The summed E-state index contributed by atoms with van der Waals surface area (Å²) < 4.78 is 4.58. The van der Waals surface area contributed by atoms with Crippen LogP contribution in [0.2, 0.25) is 0 Å². The molecule has 4 nitrogen and oxygen atoms in total. The van der Waals surface area contributed by atoms with Crippen LogP contribution >= 0.6 is 0 Å². The highest BCUT2D eigenvalue weighted by molar-refractivity contribution is 5.75. The lowest BCUT2D eigenvalue weighted by molar-refractivity contribution is -0.153. The Bertz CT molecular complexity index is 163. The van der Waals surface area contributed by atoms with Crippen molar-refractivity contribution in [3.63, 3.8) is 0 Å². The Morgan fingerprint density at radius 2 is 2.27 bits per heavy atom. The van der Waals surface area contributed by atoms with E-state index in [0.29, 0.717) is 19.1 Å². The number of carbonyl (C=O) groups is 2. The molecule has 0 amide bonds. The number of rotatable bonds is 3. The van der Waals surface area contributed by atoms with Gasteiger partial charge in [-0.15, -0.1) is 0 Å². The summed E-state index contributed by atoms with van der Waals surface area (Å²) in [5.74, 6) is -0.358. The summed E-state index contributed by atoms with van der Waals surface area (Å²) in [4.78, 5) is 20.7. The molecule has 1 aliphatic rings. The molecule has 0 aromatic rings. The van der Waals surface area contributed by atoms with Crippen molar-refractivity contribution in [3.05, 3.63) is 0 Å². The third kappa shape index (κ3) is 2.01. The van der Waals surface area contributed by atoms with Crippen molar-refractivity contribution in [2.75, 3.05) is 6.61 Å². The number of aldehydes is 1. The van der Waals surface area contributed by atoms with Crippen molar-refractivity contribution in [2.24, 2.45) is 11.7 Å². The molecule has 4 heteroatoms. The van der Waals surface area contributed by atoms with Crippen LogP contribution in [0.3, 0.4) is 0 Å². The van der Waals surface area contributed by atoms with Gasteiger partial charge in [0, 0.05) is 6.04 Å². The molecule has 2 N–H and O–H groups in total. The molecule has 0 unspecified atom stereocenters. The fourth-order valence-electron chi connectivity index (χ4n) is 1.09. The SMILES string of the molecule is NC1CC(C(=O)OCC=O)C1. The molecule has 1 fully saturated rings. The zero-order chi connectivity index (χ0) is 8.27. The van der Waals surface area contributed by atoms with Crippen molar-refractivity contribution < 1.29 is 14.3 Å². The molecule has 11 heavy (non-hydrogen) atoms. The summed E-state index contributed by atoms with van der Waals surface area (Å²) in [7, 11) is 0. The molecule has 0 saturated heterocycles. The Labute approximate surface area is 64.7 Å². The molecule has 0 aromatic carbocycles. The Morgan fingerprint density at radius 3 is 2.73 bits per heavy atom. The first-order chi connectivity index (χ1) is 5.24. The molecule has 0 aromatic heterocycles. The fourth-order valence-corrected chi connectivity index (χ4v) is 1.09. The van der Waals surface area contributed by atoms with Crippen molar-refractivity contribution >= 4 is 12.3 Å². The molecule has 0 heterocycles. The Morgan fingerprint density at radius 1 is 1.64 bits per heavy atom. The van der Waals surface area contributed by atoms with Crippen molar-refractivity contribution in [1.82, 2.24) is 0 Å². The van der Waals surface area contributed by atoms with E-state index in [0.717, 1.165) is 0 Å². The summed E-state index contributed by atoms with van der Waals surface area (Å²) in [6.45, 7) is -0.134. The van der Waals surface area contributed by atoms with Gasteiger partial charge in [-0.3, -0.25) is 9.59 Å². The quantitative estimate of drug-likeness (QED) is 0.441. The van der Waals surface area contributed by atoms with Gasteiger partial charge in [0.1, 0.15) is 6.61 Å². The standard InChI is InChI=1S/C7H11NO3/c8-6-3-5(4-6)7(10)11-2-1-9/h1,5-6H,2-4,8H2. The topological polar surface area (TPSA) is 69.4 Å². The molecule has 0 atom stereocenters. The molecule has 1 saturated carbocycles. The second-order valence-electron chi connectivity index (χ2n) is 2.73. The highest BCUT2D eigenvalue weighted by Crippen LogP contribution is 2.26. The van der Waals surface area contributed by atoms with E-state index < -0.39 is 0 Å². The average molecular weight is 157 g/mol. The van der Waals surface area contributed by atoms with E-state index in [1.54, 1.807) is 0 Å². The zero-order valence-electron chi connectivity index (χ0n) is 6.16. The van der Waals surface area contributed by atoms with Gasteiger partial charge in [-0.2, -0.15) is 0 Å². The average Bonchev–Trinajstić information content (AvgIpc) is 1.94. The first-order valence-electron chi connectivity index (χ1n) is 3.60. The maximum Gasteiger partial charge on any atom is 0.309 e. The Kier molecular flexibility index (Phi) is 2.59. The summed E-state index contributed by atoms with van der Waals surface area (Å²) in [5.41, 5.74) is 5.46. The van der Waals surface area contributed by atoms with Gasteiger partial charge in [-0.1, -0.05) is 0 Å². The van der Waals surface area contributed by atoms with Gasteiger partial charge in [0.15, 0.2) is 6.29 Å². The summed E-state index contributed by atoms with van der Waals surface area (Å²) in [5, 5.41) is 0. The normalized spacial score (nSPS) is 28.8. The van der Waals surface area contributed by atoms with Crippen LogP contribution < -0.4 is 5.73 Å². The van der Waals surface area contributed by atoms with E-state index in [1.165, 1.54) is 0 Å². The number of ether oxygens (including phenoxy) is 1. The summed E-state index contributed by atoms with van der Waals surface area (Å²) >= 11 is 0. The van der Waals surface area contributed by atoms with Crippen LogP contribution in [-0.4, -0.2) is 24.9 Å². The van der Waals surface area contributed by atoms with E-state index in [1.807, 2.05) is 0 Å². The van der Waals surface area contributed by atoms with Crippen molar-refractivity contribution in [3.8, 4) is 0 Å². The molecular formula is C7H11NO3. The number of nitrogens with two attached hydrogens (primary N) is 1. The number of hydrogen-bond acceptors (Lipinski definition) is 4. The number of hydrogen-bond donors (Lipinski definition) is 1. The zero-order valence-corrected chi connectivity index (χ0v) is 6.16. The maximum absolute atomic E-state index is 10.9. The molecule has 0 spiro atoms. The predicted octanol–water partition coefficient (Wildman–Crippen LogP) is -0.534. The van der Waals surface area contributed by atoms with Crippen molar-refractivity contribution in [2.45, 2.75) is 18.9 Å². The van der Waals surface area contributed by atoms with Crippen LogP contribution in [0.5, 0.6) is 0 Å². The largest absolute Gasteiger partial charge is 0.458 e. The highest BCUT2D eigenvalue weighted by atomic mass is 16.5. The first kappa shape index (κ1) is 8.20. The Balaban J connectivity index is 2.16. The third-order valence-electron chi connectivity index (χ3n) is 1.80. The fraction of sp³-hybridized carbons (Fsp3) is 0.714. The van der Waals surface area contributed by atoms with E-state index in [2.05, 4.69) is 4.74 Å². The molecule has 1 aliphatic carbocycles. The van der Waals surface area contributed by atoms with E-state index >= 15 is 0 Å². The molecule has 0 radical (unpaired) electrons. The highest BCUT2D eigenvalue weighted by Gasteiger charge is 2.32. The molecule has 62 valence electrons. The van der Waals surface area contributed by atoms with E-state index in [-0.39, 0.29) is 24.5 Å². The van der Waals surface area contributed by atoms with Crippen LogP contribution in [-0.2, 0) is 14.3 Å². The predicted molar refractivity (Wildman–Crippen MR) is 37.7 cm³/mol. The minimum absolute atomic E-state index is 0.0649. The van der Waals surface area contributed by atoms with Crippen LogP contribution in [0.4, 0.5) is 0 Å². The second-order valence-corrected chi connectivity index (χ2v) is 2.73.